The molecule has 1 aliphatic carbocycles. The van der Waals surface area contributed by atoms with Crippen LogP contribution in [0.2, 0.25) is 5.02 Å². The van der Waals surface area contributed by atoms with Gasteiger partial charge in [0.25, 0.3) is 0 Å². The molecule has 0 saturated heterocycles. The fourth-order valence-electron chi connectivity index (χ4n) is 2.44. The van der Waals surface area contributed by atoms with E-state index in [4.69, 9.17) is 16.3 Å². The van der Waals surface area contributed by atoms with E-state index >= 15 is 0 Å². The van der Waals surface area contributed by atoms with Gasteiger partial charge in [-0.1, -0.05) is 23.4 Å². The smallest absolute Gasteiger partial charge is 0.230 e. The molecule has 8 heteroatoms. The maximum Gasteiger partial charge on any atom is 0.230 e. The van der Waals surface area contributed by atoms with Crippen LogP contribution in [-0.2, 0) is 4.79 Å². The minimum absolute atomic E-state index is 0.00564. The van der Waals surface area contributed by atoms with Crippen molar-refractivity contribution in [3.8, 4) is 17.1 Å². The lowest BCUT2D eigenvalue weighted by Crippen LogP contribution is -2.35. The second-order valence-corrected chi connectivity index (χ2v) is 7.17. The average Bonchev–Trinajstić information content (AvgIpc) is 3.31. The Morgan fingerprint density at radius 2 is 2.33 bits per heavy atom. The van der Waals surface area contributed by atoms with Gasteiger partial charge in [-0.3, -0.25) is 9.89 Å². The second kappa shape index (κ2) is 7.44. The number of aromatic nitrogens is 3. The van der Waals surface area contributed by atoms with Crippen LogP contribution in [0.25, 0.3) is 11.4 Å². The zero-order valence-electron chi connectivity index (χ0n) is 13.5. The fourth-order valence-corrected chi connectivity index (χ4v) is 3.22. The van der Waals surface area contributed by atoms with Gasteiger partial charge in [0.15, 0.2) is 5.82 Å². The number of rotatable bonds is 7. The van der Waals surface area contributed by atoms with Gasteiger partial charge in [-0.2, -0.15) is 0 Å². The molecule has 2 N–H and O–H groups in total. The van der Waals surface area contributed by atoms with E-state index in [0.29, 0.717) is 33.4 Å². The van der Waals surface area contributed by atoms with E-state index in [1.54, 1.807) is 25.3 Å². The number of methoxy groups -OCH3 is 1. The highest BCUT2D eigenvalue weighted by Crippen LogP contribution is 2.33. The lowest BCUT2D eigenvalue weighted by molar-refractivity contribution is -0.119. The Morgan fingerprint density at radius 1 is 1.54 bits per heavy atom. The van der Waals surface area contributed by atoms with Crippen molar-refractivity contribution in [3.05, 3.63) is 23.2 Å². The third-order valence-corrected chi connectivity index (χ3v) is 5.01. The van der Waals surface area contributed by atoms with Crippen molar-refractivity contribution < 1.29 is 9.53 Å². The third-order valence-electron chi connectivity index (χ3n) is 3.93. The third kappa shape index (κ3) is 4.21. The molecule has 1 saturated carbocycles. The molecule has 0 radical (unpaired) electrons. The molecule has 0 spiro atoms. The number of benzene rings is 1. The van der Waals surface area contributed by atoms with Crippen LogP contribution < -0.4 is 10.1 Å². The van der Waals surface area contributed by atoms with Crippen LogP contribution in [0.15, 0.2) is 23.4 Å². The lowest BCUT2D eigenvalue weighted by atomic mass is 10.2. The maximum atomic E-state index is 11.9. The molecule has 1 heterocycles. The predicted molar refractivity (Wildman–Crippen MR) is 94.4 cm³/mol. The molecule has 1 fully saturated rings. The number of H-pyrrole nitrogens is 1. The first-order valence-electron chi connectivity index (χ1n) is 7.75. The summed E-state index contributed by atoms with van der Waals surface area (Å²) in [4.78, 5) is 16.4. The Bertz CT molecular complexity index is 733. The monoisotopic (exact) mass is 366 g/mol. The number of carbonyl (C=O) groups excluding carboxylic acids is 1. The Morgan fingerprint density at radius 3 is 3.04 bits per heavy atom. The number of hydrogen-bond acceptors (Lipinski definition) is 5. The molecule has 24 heavy (non-hydrogen) atoms. The number of halogens is 1. The van der Waals surface area contributed by atoms with E-state index in [1.165, 1.54) is 24.6 Å². The van der Waals surface area contributed by atoms with Crippen molar-refractivity contribution in [1.29, 1.82) is 0 Å². The lowest BCUT2D eigenvalue weighted by Gasteiger charge is -2.11. The molecule has 1 aromatic heterocycles. The largest absolute Gasteiger partial charge is 0.496 e. The Labute approximate surface area is 149 Å². The molecule has 2 aromatic rings. The maximum absolute atomic E-state index is 11.9. The Kier molecular flexibility index (Phi) is 5.30. The molecule has 3 rings (SSSR count). The molecule has 1 atom stereocenters. The highest BCUT2D eigenvalue weighted by Gasteiger charge is 2.28. The zero-order valence-corrected chi connectivity index (χ0v) is 15.1. The van der Waals surface area contributed by atoms with E-state index in [0.717, 1.165) is 5.56 Å². The number of aromatic amines is 1. The summed E-state index contributed by atoms with van der Waals surface area (Å²) in [5, 5.41) is 11.1. The van der Waals surface area contributed by atoms with Crippen LogP contribution >= 0.6 is 23.4 Å². The second-order valence-electron chi connectivity index (χ2n) is 5.79. The summed E-state index contributed by atoms with van der Waals surface area (Å²) in [6.45, 7) is 2.05. The van der Waals surface area contributed by atoms with E-state index in [-0.39, 0.29) is 11.9 Å². The molecule has 0 aliphatic heterocycles. The number of thioether (sulfide) groups is 1. The number of ether oxygens (including phenoxy) is 1. The zero-order chi connectivity index (χ0) is 17.1. The number of carbonyl (C=O) groups is 1. The standard InChI is InChI=1S/C16H19ClN4O2S/c1-9(10-3-4-10)18-14(22)8-24-16-19-15(20-21-16)12-7-11(17)5-6-13(12)23-2/h5-7,9-10H,3-4,8H2,1-2H3,(H,18,22)(H,19,20,21)/t9-/m0/s1. The Hall–Kier alpha value is -1.73. The highest BCUT2D eigenvalue weighted by atomic mass is 35.5. The van der Waals surface area contributed by atoms with Gasteiger partial charge in [0, 0.05) is 11.1 Å². The van der Waals surface area contributed by atoms with Crippen LogP contribution in [0, 0.1) is 5.92 Å². The average molecular weight is 367 g/mol. The summed E-state index contributed by atoms with van der Waals surface area (Å²) in [5.41, 5.74) is 0.733. The van der Waals surface area contributed by atoms with E-state index in [2.05, 4.69) is 27.4 Å². The minimum atomic E-state index is 0.00564. The van der Waals surface area contributed by atoms with Crippen LogP contribution in [0.1, 0.15) is 19.8 Å². The van der Waals surface area contributed by atoms with Crippen LogP contribution in [-0.4, -0.2) is 40.0 Å². The van der Waals surface area contributed by atoms with E-state index < -0.39 is 0 Å². The topological polar surface area (TPSA) is 79.9 Å². The SMILES string of the molecule is COc1ccc(Cl)cc1-c1nc(SCC(=O)N[C@@H](C)C2CC2)n[nH]1. The molecule has 1 aliphatic rings. The first kappa shape index (κ1) is 17.1. The molecular formula is C16H19ClN4O2S. The number of amides is 1. The van der Waals surface area contributed by atoms with Gasteiger partial charge in [-0.05, 0) is 43.9 Å². The molecule has 1 amide bonds. The summed E-state index contributed by atoms with van der Waals surface area (Å²) in [7, 11) is 1.59. The van der Waals surface area contributed by atoms with Crippen LogP contribution in [0.4, 0.5) is 0 Å². The predicted octanol–water partition coefficient (Wildman–Crippen LogP) is 3.14. The van der Waals surface area contributed by atoms with Crippen molar-refractivity contribution >= 4 is 29.3 Å². The van der Waals surface area contributed by atoms with Crippen molar-refractivity contribution in [1.82, 2.24) is 20.5 Å². The molecule has 0 bridgehead atoms. The number of nitrogens with zero attached hydrogens (tertiary/aromatic N) is 2. The fraction of sp³-hybridized carbons (Fsp3) is 0.438. The summed E-state index contributed by atoms with van der Waals surface area (Å²) >= 11 is 7.33. The van der Waals surface area contributed by atoms with E-state index in [9.17, 15) is 4.79 Å². The van der Waals surface area contributed by atoms with Crippen molar-refractivity contribution in [2.24, 2.45) is 5.92 Å². The van der Waals surface area contributed by atoms with Crippen molar-refractivity contribution in [3.63, 3.8) is 0 Å². The van der Waals surface area contributed by atoms with Gasteiger partial charge in [0.05, 0.1) is 18.4 Å². The molecule has 1 aromatic carbocycles. The van der Waals surface area contributed by atoms with Gasteiger partial charge in [-0.25, -0.2) is 4.98 Å². The molecule has 128 valence electrons. The molecule has 6 nitrogen and oxygen atoms in total. The first-order chi connectivity index (χ1) is 11.6. The van der Waals surface area contributed by atoms with Gasteiger partial charge in [0.2, 0.25) is 11.1 Å². The summed E-state index contributed by atoms with van der Waals surface area (Å²) in [6.07, 6.45) is 2.42. The first-order valence-corrected chi connectivity index (χ1v) is 9.11. The van der Waals surface area contributed by atoms with Gasteiger partial charge < -0.3 is 10.1 Å². The van der Waals surface area contributed by atoms with Crippen molar-refractivity contribution in [2.75, 3.05) is 12.9 Å². The van der Waals surface area contributed by atoms with E-state index in [1.807, 2.05) is 0 Å². The Balaban J connectivity index is 1.61. The molecule has 0 unspecified atom stereocenters. The van der Waals surface area contributed by atoms with Crippen molar-refractivity contribution in [2.45, 2.75) is 31.0 Å². The summed E-state index contributed by atoms with van der Waals surface area (Å²) in [6, 6.07) is 5.54. The van der Waals surface area contributed by atoms with Gasteiger partial charge in [0.1, 0.15) is 5.75 Å². The van der Waals surface area contributed by atoms with Crippen LogP contribution in [0.3, 0.4) is 0 Å². The minimum Gasteiger partial charge on any atom is -0.496 e. The summed E-state index contributed by atoms with van der Waals surface area (Å²) in [5.74, 6) is 2.16. The molecular weight excluding hydrogens is 348 g/mol. The van der Waals surface area contributed by atoms with Gasteiger partial charge in [-0.15, -0.1) is 5.10 Å². The highest BCUT2D eigenvalue weighted by molar-refractivity contribution is 7.99. The van der Waals surface area contributed by atoms with Crippen LogP contribution in [0.5, 0.6) is 5.75 Å². The number of hydrogen-bond donors (Lipinski definition) is 2. The normalized spacial score (nSPS) is 15.1. The quantitative estimate of drug-likeness (QED) is 0.736. The van der Waals surface area contributed by atoms with Gasteiger partial charge >= 0.3 is 0 Å². The summed E-state index contributed by atoms with van der Waals surface area (Å²) < 4.78 is 5.32. The number of nitrogens with one attached hydrogen (secondary N) is 2.